The molecule has 0 saturated heterocycles. The normalized spacial score (nSPS) is 12.3. The van der Waals surface area contributed by atoms with Gasteiger partial charge in [-0.1, -0.05) is 12.1 Å². The van der Waals surface area contributed by atoms with Gasteiger partial charge in [-0.3, -0.25) is 9.59 Å². The third-order valence-corrected chi connectivity index (χ3v) is 4.61. The van der Waals surface area contributed by atoms with Gasteiger partial charge in [-0.2, -0.15) is 0 Å². The van der Waals surface area contributed by atoms with E-state index in [1.807, 2.05) is 18.2 Å². The predicted molar refractivity (Wildman–Crippen MR) is 115 cm³/mol. The Labute approximate surface area is 180 Å². The molecule has 3 amide bonds. The van der Waals surface area contributed by atoms with Crippen LogP contribution >= 0.6 is 0 Å². The van der Waals surface area contributed by atoms with E-state index in [1.54, 1.807) is 29.3 Å². The highest BCUT2D eigenvalue weighted by molar-refractivity contribution is 5.98. The Morgan fingerprint density at radius 3 is 2.77 bits per heavy atom. The monoisotopic (exact) mass is 426 g/mol. The quantitative estimate of drug-likeness (QED) is 0.439. The number of aromatic nitrogens is 1. The number of rotatable bonds is 10. The van der Waals surface area contributed by atoms with Crippen molar-refractivity contribution in [3.63, 3.8) is 0 Å². The van der Waals surface area contributed by atoms with Crippen LogP contribution in [0.25, 0.3) is 0 Å². The number of hydrogen-bond donors (Lipinski definition) is 4. The smallest absolute Gasteiger partial charge is 0.410 e. The Morgan fingerprint density at radius 2 is 2.00 bits per heavy atom. The van der Waals surface area contributed by atoms with Crippen molar-refractivity contribution in [2.75, 3.05) is 38.0 Å². The fourth-order valence-electron chi connectivity index (χ4n) is 3.09. The van der Waals surface area contributed by atoms with Crippen LogP contribution < -0.4 is 26.4 Å². The summed E-state index contributed by atoms with van der Waals surface area (Å²) in [6.45, 7) is 2.48. The Hall–Kier alpha value is -3.66. The van der Waals surface area contributed by atoms with E-state index in [-0.39, 0.29) is 30.5 Å². The van der Waals surface area contributed by atoms with Crippen LogP contribution in [-0.4, -0.2) is 60.5 Å². The van der Waals surface area contributed by atoms with Crippen LogP contribution in [0.4, 0.5) is 10.6 Å². The second-order valence-electron chi connectivity index (χ2n) is 6.89. The van der Waals surface area contributed by atoms with Crippen LogP contribution in [0.2, 0.25) is 0 Å². The van der Waals surface area contributed by atoms with Crippen LogP contribution in [-0.2, 0) is 11.3 Å². The lowest BCUT2D eigenvalue weighted by atomic mass is 10.1. The molecule has 10 nitrogen and oxygen atoms in total. The summed E-state index contributed by atoms with van der Waals surface area (Å²) in [5.41, 5.74) is 6.71. The van der Waals surface area contributed by atoms with E-state index >= 15 is 0 Å². The van der Waals surface area contributed by atoms with Crippen LogP contribution in [0.3, 0.4) is 0 Å². The second-order valence-corrected chi connectivity index (χ2v) is 6.89. The fraction of sp³-hybridized carbons (Fsp3) is 0.333. The van der Waals surface area contributed by atoms with Crippen molar-refractivity contribution in [2.24, 2.45) is 5.73 Å². The Bertz CT molecular complexity index is 921. The van der Waals surface area contributed by atoms with Gasteiger partial charge in [0.1, 0.15) is 11.6 Å². The van der Waals surface area contributed by atoms with Crippen LogP contribution in [0, 0.1) is 0 Å². The number of hydrogen-bond acceptors (Lipinski definition) is 7. The first-order valence-electron chi connectivity index (χ1n) is 10.1. The van der Waals surface area contributed by atoms with Gasteiger partial charge in [0.05, 0.1) is 0 Å². The lowest BCUT2D eigenvalue weighted by molar-refractivity contribution is -0.120. The number of carbonyl (C=O) groups excluding carboxylic acids is 3. The van der Waals surface area contributed by atoms with E-state index in [9.17, 15) is 14.4 Å². The standard InChI is InChI=1S/C21H26N6O4/c22-7-10-25-19(28)6-9-26-21(30)31-16-5-4-15-14-27(20(29)17(15)13-16)12-11-24-18-3-1-2-8-23-18/h1-5,8,13H,6-7,9-12,14,22H2,(H,23,24)(H,25,28)(H,26,30). The number of ether oxygens (including phenoxy) is 1. The molecule has 1 aliphatic heterocycles. The van der Waals surface area contributed by atoms with Gasteiger partial charge < -0.3 is 31.3 Å². The number of anilines is 1. The highest BCUT2D eigenvalue weighted by Crippen LogP contribution is 2.26. The van der Waals surface area contributed by atoms with Gasteiger partial charge >= 0.3 is 6.09 Å². The maximum atomic E-state index is 12.7. The van der Waals surface area contributed by atoms with Gasteiger partial charge in [0.2, 0.25) is 5.91 Å². The SMILES string of the molecule is NCCNC(=O)CCNC(=O)Oc1ccc2c(c1)C(=O)N(CCNc1ccccn1)C2. The average molecular weight is 426 g/mol. The Kier molecular flexibility index (Phi) is 7.77. The molecular weight excluding hydrogens is 400 g/mol. The first kappa shape index (κ1) is 22.0. The molecule has 1 aliphatic rings. The highest BCUT2D eigenvalue weighted by atomic mass is 16.6. The van der Waals surface area contributed by atoms with Crippen molar-refractivity contribution in [3.8, 4) is 5.75 Å². The van der Waals surface area contributed by atoms with Gasteiger partial charge in [-0.05, 0) is 29.8 Å². The summed E-state index contributed by atoms with van der Waals surface area (Å²) < 4.78 is 5.23. The summed E-state index contributed by atoms with van der Waals surface area (Å²) in [5.74, 6) is 0.711. The lowest BCUT2D eigenvalue weighted by Gasteiger charge is -2.16. The number of nitrogens with two attached hydrogens (primary N) is 1. The maximum absolute atomic E-state index is 12.7. The summed E-state index contributed by atoms with van der Waals surface area (Å²) in [6, 6.07) is 10.6. The first-order valence-corrected chi connectivity index (χ1v) is 10.1. The molecule has 0 atom stereocenters. The molecule has 3 rings (SSSR count). The fourth-order valence-corrected chi connectivity index (χ4v) is 3.09. The molecular formula is C21H26N6O4. The van der Waals surface area contributed by atoms with Crippen LogP contribution in [0.1, 0.15) is 22.3 Å². The van der Waals surface area contributed by atoms with E-state index in [0.29, 0.717) is 38.3 Å². The number of nitrogens with zero attached hydrogens (tertiary/aromatic N) is 2. The third-order valence-electron chi connectivity index (χ3n) is 4.61. The molecule has 2 aromatic rings. The topological polar surface area (TPSA) is 139 Å². The molecule has 2 heterocycles. The van der Waals surface area contributed by atoms with Crippen molar-refractivity contribution in [1.82, 2.24) is 20.5 Å². The molecule has 0 radical (unpaired) electrons. The summed E-state index contributed by atoms with van der Waals surface area (Å²) >= 11 is 0. The third kappa shape index (κ3) is 6.41. The number of amides is 3. The molecule has 1 aromatic heterocycles. The maximum Gasteiger partial charge on any atom is 0.412 e. The summed E-state index contributed by atoms with van der Waals surface area (Å²) in [5, 5.41) is 8.30. The minimum Gasteiger partial charge on any atom is -0.410 e. The Morgan fingerprint density at radius 1 is 1.13 bits per heavy atom. The largest absolute Gasteiger partial charge is 0.412 e. The van der Waals surface area contributed by atoms with E-state index < -0.39 is 6.09 Å². The van der Waals surface area contributed by atoms with Crippen molar-refractivity contribution >= 4 is 23.7 Å². The van der Waals surface area contributed by atoms with Gasteiger partial charge in [0, 0.05) is 57.4 Å². The zero-order chi connectivity index (χ0) is 22.1. The lowest BCUT2D eigenvalue weighted by Crippen LogP contribution is -2.34. The van der Waals surface area contributed by atoms with E-state index in [2.05, 4.69) is 20.9 Å². The summed E-state index contributed by atoms with van der Waals surface area (Å²) in [6.07, 6.45) is 1.14. The van der Waals surface area contributed by atoms with Crippen molar-refractivity contribution < 1.29 is 19.1 Å². The van der Waals surface area contributed by atoms with E-state index in [4.69, 9.17) is 10.5 Å². The van der Waals surface area contributed by atoms with Gasteiger partial charge in [0.15, 0.2) is 0 Å². The number of carbonyl (C=O) groups is 3. The molecule has 164 valence electrons. The number of fused-ring (bicyclic) bond motifs is 1. The summed E-state index contributed by atoms with van der Waals surface area (Å²) in [4.78, 5) is 42.0. The number of benzene rings is 1. The molecule has 0 unspecified atom stereocenters. The minimum absolute atomic E-state index is 0.111. The van der Waals surface area contributed by atoms with Crippen molar-refractivity contribution in [1.29, 1.82) is 0 Å². The van der Waals surface area contributed by atoms with E-state index in [0.717, 1.165) is 11.4 Å². The van der Waals surface area contributed by atoms with E-state index in [1.165, 1.54) is 0 Å². The highest BCUT2D eigenvalue weighted by Gasteiger charge is 2.27. The number of pyridine rings is 1. The molecule has 5 N–H and O–H groups in total. The first-order chi connectivity index (χ1) is 15.1. The van der Waals surface area contributed by atoms with Gasteiger partial charge in [-0.25, -0.2) is 9.78 Å². The minimum atomic E-state index is -0.687. The summed E-state index contributed by atoms with van der Waals surface area (Å²) in [7, 11) is 0. The van der Waals surface area contributed by atoms with Crippen molar-refractivity contribution in [2.45, 2.75) is 13.0 Å². The molecule has 0 saturated carbocycles. The zero-order valence-corrected chi connectivity index (χ0v) is 17.1. The molecule has 0 spiro atoms. The second kappa shape index (κ2) is 10.9. The molecule has 0 bridgehead atoms. The molecule has 1 aromatic carbocycles. The van der Waals surface area contributed by atoms with Crippen LogP contribution in [0.5, 0.6) is 5.75 Å². The molecule has 31 heavy (non-hydrogen) atoms. The molecule has 0 aliphatic carbocycles. The van der Waals surface area contributed by atoms with Crippen LogP contribution in [0.15, 0.2) is 42.6 Å². The molecule has 0 fully saturated rings. The number of nitrogens with one attached hydrogen (secondary N) is 3. The average Bonchev–Trinajstić information content (AvgIpc) is 3.08. The van der Waals surface area contributed by atoms with Gasteiger partial charge in [-0.15, -0.1) is 0 Å². The molecule has 10 heteroatoms. The van der Waals surface area contributed by atoms with Crippen molar-refractivity contribution in [3.05, 3.63) is 53.7 Å². The zero-order valence-electron chi connectivity index (χ0n) is 17.1. The predicted octanol–water partition coefficient (Wildman–Crippen LogP) is 0.703. The van der Waals surface area contributed by atoms with Gasteiger partial charge in [0.25, 0.3) is 5.91 Å². The Balaban J connectivity index is 1.45.